The van der Waals surface area contributed by atoms with Gasteiger partial charge in [0.2, 0.25) is 0 Å². The lowest BCUT2D eigenvalue weighted by molar-refractivity contribution is -0.00804. The zero-order chi connectivity index (χ0) is 18.4. The molecule has 1 atom stereocenters. The van der Waals surface area contributed by atoms with Crippen LogP contribution in [0.25, 0.3) is 0 Å². The van der Waals surface area contributed by atoms with Gasteiger partial charge in [0, 0.05) is 38.3 Å². The van der Waals surface area contributed by atoms with Crippen molar-refractivity contribution in [2.45, 2.75) is 19.4 Å². The minimum Gasteiger partial charge on any atom is -0.469 e. The average molecular weight is 485 g/mol. The molecule has 3 heterocycles. The maximum absolute atomic E-state index is 5.94. The number of rotatable bonds is 6. The van der Waals surface area contributed by atoms with Gasteiger partial charge in [0.05, 0.1) is 32.2 Å². The van der Waals surface area contributed by atoms with Crippen molar-refractivity contribution in [3.8, 4) is 0 Å². The first kappa shape index (κ1) is 21.5. The Hall–Kier alpha value is -1.81. The molecule has 0 amide bonds. The van der Waals surface area contributed by atoms with Gasteiger partial charge in [-0.2, -0.15) is 5.10 Å². The van der Waals surface area contributed by atoms with E-state index in [4.69, 9.17) is 14.1 Å². The molecule has 2 aromatic heterocycles. The molecule has 148 valence electrons. The number of guanidine groups is 1. The second-order valence-electron chi connectivity index (χ2n) is 6.61. The van der Waals surface area contributed by atoms with Gasteiger partial charge in [-0.3, -0.25) is 4.68 Å². The van der Waals surface area contributed by atoms with Crippen LogP contribution in [0.5, 0.6) is 0 Å². The summed E-state index contributed by atoms with van der Waals surface area (Å²) < 4.78 is 13.1. The van der Waals surface area contributed by atoms with Gasteiger partial charge in [0.25, 0.3) is 0 Å². The van der Waals surface area contributed by atoms with Gasteiger partial charge < -0.3 is 19.4 Å². The highest BCUT2D eigenvalue weighted by Crippen LogP contribution is 2.21. The third-order valence-corrected chi connectivity index (χ3v) is 4.20. The van der Waals surface area contributed by atoms with Crippen LogP contribution >= 0.6 is 24.0 Å². The first-order chi connectivity index (χ1) is 12.6. The van der Waals surface area contributed by atoms with E-state index in [1.54, 1.807) is 10.9 Å². The maximum atomic E-state index is 5.94. The highest BCUT2D eigenvalue weighted by Gasteiger charge is 2.25. The van der Waals surface area contributed by atoms with Crippen LogP contribution in [0.4, 0.5) is 0 Å². The van der Waals surface area contributed by atoms with Crippen LogP contribution in [0.15, 0.2) is 52.4 Å². The van der Waals surface area contributed by atoms with Gasteiger partial charge in [-0.05, 0) is 19.1 Å². The number of aliphatic imine (C=N–C) groups is 1. The number of halogens is 1. The fourth-order valence-corrected chi connectivity index (χ4v) is 2.88. The summed E-state index contributed by atoms with van der Waals surface area (Å²) in [6.07, 6.45) is 6.38. The summed E-state index contributed by atoms with van der Waals surface area (Å²) in [5.41, 5.74) is 2.12. The van der Waals surface area contributed by atoms with Crippen molar-refractivity contribution in [3.63, 3.8) is 0 Å². The van der Waals surface area contributed by atoms with E-state index in [0.717, 1.165) is 48.9 Å². The fourth-order valence-electron chi connectivity index (χ4n) is 2.88. The highest BCUT2D eigenvalue weighted by molar-refractivity contribution is 14.0. The lowest BCUT2D eigenvalue weighted by atomic mass is 10.1. The first-order valence-electron chi connectivity index (χ1n) is 8.92. The molecule has 0 bridgehead atoms. The summed E-state index contributed by atoms with van der Waals surface area (Å²) >= 11 is 0. The molecule has 0 spiro atoms. The molecule has 0 aromatic carbocycles. The lowest BCUT2D eigenvalue weighted by Crippen LogP contribution is -2.48. The molecule has 1 unspecified atom stereocenters. The quantitative estimate of drug-likeness (QED) is 0.295. The Morgan fingerprint density at radius 3 is 3.00 bits per heavy atom. The average Bonchev–Trinajstić information content (AvgIpc) is 3.29. The molecule has 1 aliphatic rings. The Bertz CT molecular complexity index is 741. The minimum absolute atomic E-state index is 0. The summed E-state index contributed by atoms with van der Waals surface area (Å²) in [6.45, 7) is 9.52. The van der Waals surface area contributed by atoms with E-state index in [2.05, 4.69) is 21.9 Å². The van der Waals surface area contributed by atoms with E-state index < -0.39 is 0 Å². The van der Waals surface area contributed by atoms with Crippen LogP contribution in [0, 0.1) is 0 Å². The molecule has 27 heavy (non-hydrogen) atoms. The first-order valence-corrected chi connectivity index (χ1v) is 8.92. The zero-order valence-electron chi connectivity index (χ0n) is 15.9. The van der Waals surface area contributed by atoms with E-state index in [9.17, 15) is 0 Å². The molecule has 2 aromatic rings. The number of nitrogens with one attached hydrogen (secondary N) is 1. The Morgan fingerprint density at radius 2 is 2.33 bits per heavy atom. The summed E-state index contributed by atoms with van der Waals surface area (Å²) in [5, 5.41) is 7.71. The van der Waals surface area contributed by atoms with Gasteiger partial charge in [0.15, 0.2) is 5.96 Å². The number of hydrogen-bond acceptors (Lipinski definition) is 4. The summed E-state index contributed by atoms with van der Waals surface area (Å²) in [4.78, 5) is 6.97. The maximum Gasteiger partial charge on any atom is 0.194 e. The smallest absolute Gasteiger partial charge is 0.194 e. The molecule has 0 radical (unpaired) electrons. The Labute approximate surface area is 177 Å². The fraction of sp³-hybridized carbons (Fsp3) is 0.474. The topological polar surface area (TPSA) is 67.8 Å². The molecule has 1 aliphatic heterocycles. The predicted molar refractivity (Wildman–Crippen MR) is 116 cm³/mol. The molecular formula is C19H28IN5O2. The van der Waals surface area contributed by atoms with Crippen LogP contribution in [0.3, 0.4) is 0 Å². The van der Waals surface area contributed by atoms with Crippen LogP contribution in [0.1, 0.15) is 24.4 Å². The van der Waals surface area contributed by atoms with E-state index >= 15 is 0 Å². The monoisotopic (exact) mass is 485 g/mol. The van der Waals surface area contributed by atoms with Crippen LogP contribution in [0.2, 0.25) is 0 Å². The Morgan fingerprint density at radius 1 is 1.48 bits per heavy atom. The third kappa shape index (κ3) is 6.39. The zero-order valence-corrected chi connectivity index (χ0v) is 18.3. The van der Waals surface area contributed by atoms with Crippen molar-refractivity contribution >= 4 is 29.9 Å². The summed E-state index contributed by atoms with van der Waals surface area (Å²) in [7, 11) is 1.92. The number of hydrogen-bond donors (Lipinski definition) is 1. The van der Waals surface area contributed by atoms with Crippen LogP contribution in [-0.2, 0) is 18.2 Å². The molecule has 3 rings (SSSR count). The number of nitrogens with zero attached hydrogens (tertiary/aromatic N) is 4. The molecule has 0 aliphatic carbocycles. The standard InChI is InChI=1S/C19H27N5O2.HI/c1-15(2)11-21-19(20-7-6-17-5-4-9-25-17)24-8-10-26-18(14-24)16-12-22-23(3)13-16;/h4-5,9,12-13,18H,1,6-8,10-11,14H2,2-3H3,(H,20,21);1H. The second-order valence-corrected chi connectivity index (χ2v) is 6.61. The lowest BCUT2D eigenvalue weighted by Gasteiger charge is -2.35. The molecule has 0 saturated carbocycles. The van der Waals surface area contributed by atoms with Crippen molar-refractivity contribution < 1.29 is 9.15 Å². The van der Waals surface area contributed by atoms with Crippen molar-refractivity contribution in [1.29, 1.82) is 0 Å². The van der Waals surface area contributed by atoms with Crippen LogP contribution < -0.4 is 5.32 Å². The van der Waals surface area contributed by atoms with E-state index in [1.807, 2.05) is 38.5 Å². The normalized spacial score (nSPS) is 17.5. The van der Waals surface area contributed by atoms with Crippen molar-refractivity contribution in [2.24, 2.45) is 12.0 Å². The van der Waals surface area contributed by atoms with Gasteiger partial charge in [-0.1, -0.05) is 12.2 Å². The predicted octanol–water partition coefficient (Wildman–Crippen LogP) is 2.77. The number of morpholine rings is 1. The number of ether oxygens (including phenoxy) is 1. The molecule has 7 nitrogen and oxygen atoms in total. The Kier molecular flexibility index (Phi) is 8.36. The van der Waals surface area contributed by atoms with Crippen LogP contribution in [-0.4, -0.2) is 53.4 Å². The molecule has 1 saturated heterocycles. The second kappa shape index (κ2) is 10.5. The van der Waals surface area contributed by atoms with Crippen molar-refractivity contribution in [1.82, 2.24) is 20.0 Å². The van der Waals surface area contributed by atoms with Crippen molar-refractivity contribution in [3.05, 3.63) is 54.3 Å². The van der Waals surface area contributed by atoms with E-state index in [0.29, 0.717) is 13.2 Å². The molecular weight excluding hydrogens is 457 g/mol. The number of furan rings is 1. The SMILES string of the molecule is C=C(C)CN=C(NCCc1ccco1)N1CCOC(c2cnn(C)c2)C1.I. The molecule has 1 fully saturated rings. The Balaban J connectivity index is 0.00000261. The van der Waals surface area contributed by atoms with Crippen molar-refractivity contribution in [2.75, 3.05) is 32.8 Å². The minimum atomic E-state index is -0.000600. The van der Waals surface area contributed by atoms with E-state index in [1.165, 1.54) is 0 Å². The molecule has 1 N–H and O–H groups in total. The van der Waals surface area contributed by atoms with Gasteiger partial charge in [0.1, 0.15) is 11.9 Å². The summed E-state index contributed by atoms with van der Waals surface area (Å²) in [5.74, 6) is 1.85. The van der Waals surface area contributed by atoms with Gasteiger partial charge in [-0.15, -0.1) is 24.0 Å². The van der Waals surface area contributed by atoms with E-state index in [-0.39, 0.29) is 30.1 Å². The van der Waals surface area contributed by atoms with Gasteiger partial charge >= 0.3 is 0 Å². The highest BCUT2D eigenvalue weighted by atomic mass is 127. The number of aromatic nitrogens is 2. The summed E-state index contributed by atoms with van der Waals surface area (Å²) in [6, 6.07) is 3.89. The molecule has 8 heteroatoms. The van der Waals surface area contributed by atoms with Gasteiger partial charge in [-0.25, -0.2) is 4.99 Å². The number of aryl methyl sites for hydroxylation is 1. The largest absolute Gasteiger partial charge is 0.469 e. The third-order valence-electron chi connectivity index (χ3n) is 4.20.